The van der Waals surface area contributed by atoms with Crippen LogP contribution >= 0.6 is 0 Å². The van der Waals surface area contributed by atoms with Gasteiger partial charge in [-0.25, -0.2) is 0 Å². The van der Waals surface area contributed by atoms with Crippen molar-refractivity contribution >= 4 is 17.9 Å². The lowest BCUT2D eigenvalue weighted by Crippen LogP contribution is -2.30. The summed E-state index contributed by atoms with van der Waals surface area (Å²) < 4.78 is 16.7. The lowest BCUT2D eigenvalue weighted by molar-refractivity contribution is -0.167. The van der Waals surface area contributed by atoms with Crippen molar-refractivity contribution in [3.8, 4) is 0 Å². The molecule has 0 rings (SSSR count). The molecular formula is C51H98O6. The monoisotopic (exact) mass is 807 g/mol. The smallest absolute Gasteiger partial charge is 0.306 e. The van der Waals surface area contributed by atoms with Gasteiger partial charge in [-0.2, -0.15) is 0 Å². The summed E-state index contributed by atoms with van der Waals surface area (Å²) in [7, 11) is 0. The number of carbonyl (C=O) groups is 3. The maximum absolute atomic E-state index is 12.7. The summed E-state index contributed by atoms with van der Waals surface area (Å²) in [6.45, 7) is 9.01. The van der Waals surface area contributed by atoms with E-state index >= 15 is 0 Å². The Hall–Kier alpha value is -1.59. The van der Waals surface area contributed by atoms with Gasteiger partial charge >= 0.3 is 17.9 Å². The van der Waals surface area contributed by atoms with Crippen LogP contribution in [-0.2, 0) is 28.6 Å². The van der Waals surface area contributed by atoms with Crippen LogP contribution in [0.3, 0.4) is 0 Å². The third kappa shape index (κ3) is 45.3. The first-order valence-corrected chi connectivity index (χ1v) is 25.4. The van der Waals surface area contributed by atoms with E-state index in [2.05, 4.69) is 27.7 Å². The molecule has 0 saturated heterocycles. The predicted molar refractivity (Wildman–Crippen MR) is 243 cm³/mol. The molecule has 0 aromatic carbocycles. The Balaban J connectivity index is 4.19. The van der Waals surface area contributed by atoms with Gasteiger partial charge < -0.3 is 14.2 Å². The van der Waals surface area contributed by atoms with Crippen molar-refractivity contribution in [1.29, 1.82) is 0 Å². The van der Waals surface area contributed by atoms with E-state index < -0.39 is 6.10 Å². The van der Waals surface area contributed by atoms with E-state index in [1.165, 1.54) is 180 Å². The zero-order valence-corrected chi connectivity index (χ0v) is 38.8. The number of ether oxygens (including phenoxy) is 3. The van der Waals surface area contributed by atoms with Crippen LogP contribution in [0.25, 0.3) is 0 Å². The van der Waals surface area contributed by atoms with Crippen molar-refractivity contribution in [2.24, 2.45) is 5.92 Å². The molecule has 0 unspecified atom stereocenters. The van der Waals surface area contributed by atoms with Crippen molar-refractivity contribution in [2.75, 3.05) is 13.2 Å². The van der Waals surface area contributed by atoms with Gasteiger partial charge in [-0.05, 0) is 25.2 Å². The normalized spacial score (nSPS) is 11.9. The maximum atomic E-state index is 12.7. The molecule has 0 spiro atoms. The fraction of sp³-hybridized carbons (Fsp3) is 0.941. The van der Waals surface area contributed by atoms with Crippen LogP contribution in [0.5, 0.6) is 0 Å². The van der Waals surface area contributed by atoms with Gasteiger partial charge in [-0.15, -0.1) is 0 Å². The lowest BCUT2D eigenvalue weighted by atomic mass is 10.0. The topological polar surface area (TPSA) is 78.9 Å². The molecule has 0 aromatic heterocycles. The molecule has 6 heteroatoms. The summed E-state index contributed by atoms with van der Waals surface area (Å²) in [5.41, 5.74) is 0. The Morgan fingerprint density at radius 1 is 0.333 bits per heavy atom. The van der Waals surface area contributed by atoms with Gasteiger partial charge in [0.15, 0.2) is 6.10 Å². The summed E-state index contributed by atoms with van der Waals surface area (Å²) in [5, 5.41) is 0. The van der Waals surface area contributed by atoms with E-state index in [0.717, 1.165) is 63.7 Å². The highest BCUT2D eigenvalue weighted by molar-refractivity contribution is 5.71. The van der Waals surface area contributed by atoms with E-state index in [0.29, 0.717) is 19.3 Å². The minimum absolute atomic E-state index is 0.0630. The Bertz CT molecular complexity index is 857. The van der Waals surface area contributed by atoms with Gasteiger partial charge in [-0.3, -0.25) is 14.4 Å². The summed E-state index contributed by atoms with van der Waals surface area (Å²) in [5.74, 6) is 0.00347. The molecule has 57 heavy (non-hydrogen) atoms. The minimum atomic E-state index is -0.759. The number of rotatable bonds is 46. The molecule has 0 saturated carbocycles. The van der Waals surface area contributed by atoms with Crippen molar-refractivity contribution in [2.45, 2.75) is 291 Å². The molecule has 0 radical (unpaired) electrons. The van der Waals surface area contributed by atoms with Crippen molar-refractivity contribution in [3.63, 3.8) is 0 Å². The van der Waals surface area contributed by atoms with Gasteiger partial charge in [0.25, 0.3) is 0 Å². The van der Waals surface area contributed by atoms with Crippen LogP contribution in [0.2, 0.25) is 0 Å². The molecule has 6 nitrogen and oxygen atoms in total. The molecule has 0 aliphatic heterocycles. The summed E-state index contributed by atoms with van der Waals surface area (Å²) in [6, 6.07) is 0. The van der Waals surface area contributed by atoms with Gasteiger partial charge in [0.1, 0.15) is 13.2 Å². The molecule has 0 heterocycles. The SMILES string of the molecule is CCCCCCCCCCCCCC(=O)OC[C@H](COC(=O)CCCCCCCCCCCCCCCCCCC(C)C)OC(=O)CCCCCCCCCCC. The van der Waals surface area contributed by atoms with Gasteiger partial charge in [-0.1, -0.05) is 246 Å². The first-order valence-electron chi connectivity index (χ1n) is 25.4. The van der Waals surface area contributed by atoms with Crippen LogP contribution in [-0.4, -0.2) is 37.2 Å². The number of unbranched alkanes of at least 4 members (excludes halogenated alkanes) is 33. The quantitative estimate of drug-likeness (QED) is 0.0346. The summed E-state index contributed by atoms with van der Waals surface area (Å²) >= 11 is 0. The third-order valence-electron chi connectivity index (χ3n) is 11.5. The molecule has 0 aromatic rings. The number of hydrogen-bond donors (Lipinski definition) is 0. The molecule has 0 aliphatic rings. The minimum Gasteiger partial charge on any atom is -0.462 e. The zero-order chi connectivity index (χ0) is 41.7. The first-order chi connectivity index (χ1) is 27.9. The van der Waals surface area contributed by atoms with Gasteiger partial charge in [0.05, 0.1) is 0 Å². The van der Waals surface area contributed by atoms with E-state index in [1.807, 2.05) is 0 Å². The third-order valence-corrected chi connectivity index (χ3v) is 11.5. The Morgan fingerprint density at radius 2 is 0.579 bits per heavy atom. The molecule has 338 valence electrons. The highest BCUT2D eigenvalue weighted by atomic mass is 16.6. The summed E-state index contributed by atoms with van der Waals surface area (Å²) in [4.78, 5) is 37.8. The molecule has 0 N–H and O–H groups in total. The van der Waals surface area contributed by atoms with Gasteiger partial charge in [0, 0.05) is 19.3 Å². The van der Waals surface area contributed by atoms with Crippen LogP contribution in [0.4, 0.5) is 0 Å². The lowest BCUT2D eigenvalue weighted by Gasteiger charge is -2.18. The zero-order valence-electron chi connectivity index (χ0n) is 38.8. The largest absolute Gasteiger partial charge is 0.462 e. The Morgan fingerprint density at radius 3 is 0.860 bits per heavy atom. The molecule has 0 bridgehead atoms. The second-order valence-corrected chi connectivity index (χ2v) is 17.9. The van der Waals surface area contributed by atoms with Crippen LogP contribution in [0.1, 0.15) is 285 Å². The van der Waals surface area contributed by atoms with Crippen molar-refractivity contribution < 1.29 is 28.6 Å². The van der Waals surface area contributed by atoms with E-state index in [9.17, 15) is 14.4 Å². The average molecular weight is 807 g/mol. The fourth-order valence-electron chi connectivity index (χ4n) is 7.69. The second-order valence-electron chi connectivity index (χ2n) is 17.9. The second kappa shape index (κ2) is 45.5. The van der Waals surface area contributed by atoms with Crippen LogP contribution < -0.4 is 0 Å². The highest BCUT2D eigenvalue weighted by Crippen LogP contribution is 2.17. The van der Waals surface area contributed by atoms with Crippen molar-refractivity contribution in [1.82, 2.24) is 0 Å². The fourth-order valence-corrected chi connectivity index (χ4v) is 7.69. The Labute approximate surface area is 355 Å². The molecule has 0 aliphatic carbocycles. The van der Waals surface area contributed by atoms with E-state index in [-0.39, 0.29) is 31.1 Å². The predicted octanol–water partition coefficient (Wildman–Crippen LogP) is 16.3. The molecule has 0 amide bonds. The number of carbonyl (C=O) groups excluding carboxylic acids is 3. The van der Waals surface area contributed by atoms with Crippen LogP contribution in [0, 0.1) is 5.92 Å². The average Bonchev–Trinajstić information content (AvgIpc) is 3.19. The molecule has 1 atom stereocenters. The number of hydrogen-bond acceptors (Lipinski definition) is 6. The van der Waals surface area contributed by atoms with Crippen molar-refractivity contribution in [3.05, 3.63) is 0 Å². The molecule has 0 fully saturated rings. The van der Waals surface area contributed by atoms with E-state index in [4.69, 9.17) is 14.2 Å². The Kier molecular flexibility index (Phi) is 44.2. The van der Waals surface area contributed by atoms with Gasteiger partial charge in [0.2, 0.25) is 0 Å². The number of esters is 3. The summed E-state index contributed by atoms with van der Waals surface area (Å²) in [6.07, 6.45) is 46.6. The van der Waals surface area contributed by atoms with Crippen LogP contribution in [0.15, 0.2) is 0 Å². The molecular weight excluding hydrogens is 709 g/mol. The maximum Gasteiger partial charge on any atom is 0.306 e. The first kappa shape index (κ1) is 55.4. The highest BCUT2D eigenvalue weighted by Gasteiger charge is 2.19. The standard InChI is InChI=1S/C51H98O6/c1-5-7-9-11-13-15-22-27-30-34-38-42-49(52)55-45-48(57-51(54)44-40-36-32-25-14-12-10-8-6-2)46-56-50(53)43-39-35-31-28-24-21-19-17-16-18-20-23-26-29-33-37-41-47(3)4/h47-48H,5-46H2,1-4H3/t48-/m1/s1. The van der Waals surface area contributed by atoms with E-state index in [1.54, 1.807) is 0 Å².